The lowest BCUT2D eigenvalue weighted by molar-refractivity contribution is 0.0783. The zero-order chi connectivity index (χ0) is 23.3. The Balaban J connectivity index is 1.92. The number of ether oxygens (including phenoxy) is 3. The minimum Gasteiger partial charge on any atom is -0.490 e. The number of benzene rings is 2. The minimum atomic E-state index is -0.252. The molecule has 0 saturated heterocycles. The SMILES string of the molecule is CCOc1cc(C(=O)N(C)Cc2cc3ccc(C)cc3[nH]c2=O)cc(OCC)c1OCC. The smallest absolute Gasteiger partial charge is 0.254 e. The monoisotopic (exact) mass is 438 g/mol. The number of hydrogen-bond acceptors (Lipinski definition) is 5. The van der Waals surface area contributed by atoms with Crippen LogP contribution in [0.5, 0.6) is 17.2 Å². The number of pyridine rings is 1. The lowest BCUT2D eigenvalue weighted by Crippen LogP contribution is -2.29. The summed E-state index contributed by atoms with van der Waals surface area (Å²) >= 11 is 0. The van der Waals surface area contributed by atoms with Crippen molar-refractivity contribution in [1.29, 1.82) is 0 Å². The van der Waals surface area contributed by atoms with E-state index in [2.05, 4.69) is 4.98 Å². The molecule has 32 heavy (non-hydrogen) atoms. The van der Waals surface area contributed by atoms with Gasteiger partial charge in [-0.05, 0) is 62.9 Å². The van der Waals surface area contributed by atoms with Gasteiger partial charge in [0.25, 0.3) is 11.5 Å². The van der Waals surface area contributed by atoms with Gasteiger partial charge in [-0.25, -0.2) is 0 Å². The zero-order valence-corrected chi connectivity index (χ0v) is 19.3. The molecular weight excluding hydrogens is 408 g/mol. The van der Waals surface area contributed by atoms with E-state index in [0.717, 1.165) is 16.5 Å². The maximum atomic E-state index is 13.2. The lowest BCUT2D eigenvalue weighted by atomic mass is 10.1. The summed E-state index contributed by atoms with van der Waals surface area (Å²) in [6, 6.07) is 11.0. The number of fused-ring (bicyclic) bond motifs is 1. The molecule has 0 aliphatic carbocycles. The van der Waals surface area contributed by atoms with E-state index in [1.807, 2.05) is 52.0 Å². The Kier molecular flexibility index (Phi) is 7.41. The van der Waals surface area contributed by atoms with Gasteiger partial charge in [-0.3, -0.25) is 9.59 Å². The number of carbonyl (C=O) groups excluding carboxylic acids is 1. The third-order valence-corrected chi connectivity index (χ3v) is 4.99. The van der Waals surface area contributed by atoms with Crippen LogP contribution in [0.15, 0.2) is 41.2 Å². The summed E-state index contributed by atoms with van der Waals surface area (Å²) in [6.45, 7) is 9.03. The molecule has 0 aliphatic heterocycles. The van der Waals surface area contributed by atoms with Gasteiger partial charge in [0.05, 0.1) is 26.4 Å². The molecule has 1 amide bonds. The van der Waals surface area contributed by atoms with Crippen LogP contribution in [-0.2, 0) is 6.54 Å². The summed E-state index contributed by atoms with van der Waals surface area (Å²) in [4.78, 5) is 30.2. The highest BCUT2D eigenvalue weighted by atomic mass is 16.5. The van der Waals surface area contributed by atoms with Gasteiger partial charge in [0.2, 0.25) is 5.75 Å². The van der Waals surface area contributed by atoms with Gasteiger partial charge in [-0.2, -0.15) is 0 Å². The molecule has 1 heterocycles. The molecule has 0 aliphatic rings. The summed E-state index contributed by atoms with van der Waals surface area (Å²) in [6.07, 6.45) is 0. The molecule has 7 nitrogen and oxygen atoms in total. The predicted molar refractivity (Wildman–Crippen MR) is 125 cm³/mol. The van der Waals surface area contributed by atoms with Crippen LogP contribution in [-0.4, -0.2) is 42.7 Å². The maximum absolute atomic E-state index is 13.2. The predicted octanol–water partition coefficient (Wildman–Crippen LogP) is 4.30. The molecule has 0 radical (unpaired) electrons. The second kappa shape index (κ2) is 10.2. The van der Waals surface area contributed by atoms with Crippen LogP contribution in [0.4, 0.5) is 0 Å². The van der Waals surface area contributed by atoms with E-state index in [4.69, 9.17) is 14.2 Å². The first-order valence-electron chi connectivity index (χ1n) is 10.8. The van der Waals surface area contributed by atoms with Gasteiger partial charge < -0.3 is 24.1 Å². The Hall–Kier alpha value is -3.48. The van der Waals surface area contributed by atoms with Gasteiger partial charge >= 0.3 is 0 Å². The number of nitrogens with zero attached hydrogens (tertiary/aromatic N) is 1. The fourth-order valence-corrected chi connectivity index (χ4v) is 3.54. The number of nitrogens with one attached hydrogen (secondary N) is 1. The molecule has 2 aromatic carbocycles. The van der Waals surface area contributed by atoms with Gasteiger partial charge in [0.15, 0.2) is 11.5 Å². The van der Waals surface area contributed by atoms with Crippen molar-refractivity contribution in [3.8, 4) is 17.2 Å². The molecule has 1 N–H and O–H groups in total. The summed E-state index contributed by atoms with van der Waals surface area (Å²) in [5.74, 6) is 1.14. The first-order valence-corrected chi connectivity index (χ1v) is 10.8. The van der Waals surface area contributed by atoms with E-state index in [-0.39, 0.29) is 18.0 Å². The van der Waals surface area contributed by atoms with E-state index >= 15 is 0 Å². The van der Waals surface area contributed by atoms with Crippen LogP contribution in [0.3, 0.4) is 0 Å². The third kappa shape index (κ3) is 5.04. The van der Waals surface area contributed by atoms with Crippen LogP contribution in [0.25, 0.3) is 10.9 Å². The Morgan fingerprint density at radius 2 is 1.56 bits per heavy atom. The fraction of sp³-hybridized carbons (Fsp3) is 0.360. The second-order valence-corrected chi connectivity index (χ2v) is 7.48. The largest absolute Gasteiger partial charge is 0.490 e. The Morgan fingerprint density at radius 1 is 0.938 bits per heavy atom. The molecule has 170 valence electrons. The van der Waals surface area contributed by atoms with E-state index in [0.29, 0.717) is 48.2 Å². The van der Waals surface area contributed by atoms with E-state index in [1.165, 1.54) is 4.90 Å². The fourth-order valence-electron chi connectivity index (χ4n) is 3.54. The molecule has 0 saturated carbocycles. The maximum Gasteiger partial charge on any atom is 0.254 e. The number of aromatic nitrogens is 1. The highest BCUT2D eigenvalue weighted by Gasteiger charge is 2.21. The van der Waals surface area contributed by atoms with Crippen molar-refractivity contribution in [2.24, 2.45) is 0 Å². The Bertz CT molecular complexity index is 1140. The van der Waals surface area contributed by atoms with E-state index in [9.17, 15) is 9.59 Å². The molecule has 0 fully saturated rings. The van der Waals surface area contributed by atoms with Gasteiger partial charge in [0.1, 0.15) is 0 Å². The number of carbonyl (C=O) groups is 1. The molecule has 3 aromatic rings. The Morgan fingerprint density at radius 3 is 2.16 bits per heavy atom. The lowest BCUT2D eigenvalue weighted by Gasteiger charge is -2.20. The molecule has 0 bridgehead atoms. The van der Waals surface area contributed by atoms with Crippen molar-refractivity contribution in [2.45, 2.75) is 34.2 Å². The Labute approximate surface area is 187 Å². The third-order valence-electron chi connectivity index (χ3n) is 4.99. The number of amides is 1. The van der Waals surface area contributed by atoms with Crippen molar-refractivity contribution in [3.63, 3.8) is 0 Å². The van der Waals surface area contributed by atoms with Crippen molar-refractivity contribution in [2.75, 3.05) is 26.9 Å². The number of aryl methyl sites for hydroxylation is 1. The summed E-state index contributed by atoms with van der Waals surface area (Å²) < 4.78 is 17.1. The van der Waals surface area contributed by atoms with Crippen molar-refractivity contribution >= 4 is 16.8 Å². The van der Waals surface area contributed by atoms with Crippen LogP contribution in [0.2, 0.25) is 0 Å². The second-order valence-electron chi connectivity index (χ2n) is 7.48. The van der Waals surface area contributed by atoms with Crippen molar-refractivity contribution in [3.05, 3.63) is 63.4 Å². The number of H-pyrrole nitrogens is 1. The van der Waals surface area contributed by atoms with Gasteiger partial charge in [-0.15, -0.1) is 0 Å². The number of hydrogen-bond donors (Lipinski definition) is 1. The molecule has 0 spiro atoms. The molecule has 0 atom stereocenters. The molecule has 7 heteroatoms. The summed E-state index contributed by atoms with van der Waals surface area (Å²) in [7, 11) is 1.66. The zero-order valence-electron chi connectivity index (χ0n) is 19.3. The summed E-state index contributed by atoms with van der Waals surface area (Å²) in [5, 5.41) is 0.921. The van der Waals surface area contributed by atoms with Crippen LogP contribution in [0.1, 0.15) is 42.3 Å². The standard InChI is InChI=1S/C25H30N2O5/c1-6-30-21-13-18(14-22(31-7-2)23(21)32-8-3)25(29)27(5)15-19-12-17-10-9-16(4)11-20(17)26-24(19)28/h9-14H,6-8,15H2,1-5H3,(H,26,28). The molecule has 0 unspecified atom stereocenters. The normalized spacial score (nSPS) is 10.8. The van der Waals surface area contributed by atoms with Crippen molar-refractivity contribution in [1.82, 2.24) is 9.88 Å². The first-order chi connectivity index (χ1) is 15.4. The number of aromatic amines is 1. The van der Waals surface area contributed by atoms with Gasteiger partial charge in [-0.1, -0.05) is 12.1 Å². The van der Waals surface area contributed by atoms with Crippen LogP contribution in [0, 0.1) is 6.92 Å². The minimum absolute atomic E-state index is 0.166. The quantitative estimate of drug-likeness (QED) is 0.539. The van der Waals surface area contributed by atoms with E-state index < -0.39 is 0 Å². The van der Waals surface area contributed by atoms with Crippen LogP contribution < -0.4 is 19.8 Å². The molecular formula is C25H30N2O5. The average Bonchev–Trinajstić information content (AvgIpc) is 2.76. The average molecular weight is 439 g/mol. The highest BCUT2D eigenvalue weighted by Crippen LogP contribution is 2.39. The van der Waals surface area contributed by atoms with E-state index in [1.54, 1.807) is 19.2 Å². The topological polar surface area (TPSA) is 80.9 Å². The highest BCUT2D eigenvalue weighted by molar-refractivity contribution is 5.95. The van der Waals surface area contributed by atoms with Crippen LogP contribution >= 0.6 is 0 Å². The van der Waals surface area contributed by atoms with Gasteiger partial charge in [0, 0.05) is 23.7 Å². The van der Waals surface area contributed by atoms with Crippen molar-refractivity contribution < 1.29 is 19.0 Å². The molecule has 1 aromatic heterocycles. The number of rotatable bonds is 9. The molecule has 3 rings (SSSR count). The first kappa shape index (κ1) is 23.2. The summed E-state index contributed by atoms with van der Waals surface area (Å²) in [5.41, 5.74) is 2.55.